The Bertz CT molecular complexity index is 355. The summed E-state index contributed by atoms with van der Waals surface area (Å²) in [5.74, 6) is 0.400. The summed E-state index contributed by atoms with van der Waals surface area (Å²) in [5.41, 5.74) is 0.873. The standard InChI is InChI=1S/C9H11Cl2N3O/c10-8-7(1-12-9(11)13-8)4-14-2-6(3-14)5-15/h1,6,15H,2-5H2. The molecule has 1 aromatic rings. The van der Waals surface area contributed by atoms with Gasteiger partial charge in [-0.05, 0) is 11.6 Å². The molecule has 0 atom stereocenters. The van der Waals surface area contributed by atoms with Crippen molar-refractivity contribution >= 4 is 23.2 Å². The Labute approximate surface area is 97.9 Å². The average molecular weight is 248 g/mol. The molecule has 15 heavy (non-hydrogen) atoms. The normalized spacial score (nSPS) is 17.8. The first kappa shape index (κ1) is 11.1. The van der Waals surface area contributed by atoms with E-state index in [0.717, 1.165) is 18.7 Å². The molecular weight excluding hydrogens is 237 g/mol. The lowest BCUT2D eigenvalue weighted by atomic mass is 10.0. The smallest absolute Gasteiger partial charge is 0.223 e. The summed E-state index contributed by atoms with van der Waals surface area (Å²) in [6.45, 7) is 2.76. The molecule has 6 heteroatoms. The maximum Gasteiger partial charge on any atom is 0.223 e. The van der Waals surface area contributed by atoms with E-state index in [0.29, 0.717) is 17.6 Å². The summed E-state index contributed by atoms with van der Waals surface area (Å²) in [6, 6.07) is 0. The van der Waals surface area contributed by atoms with Crippen molar-refractivity contribution in [2.45, 2.75) is 6.54 Å². The molecule has 82 valence electrons. The van der Waals surface area contributed by atoms with E-state index in [4.69, 9.17) is 28.3 Å². The summed E-state index contributed by atoms with van der Waals surface area (Å²) in [7, 11) is 0. The molecule has 1 aromatic heterocycles. The van der Waals surface area contributed by atoms with Crippen molar-refractivity contribution in [3.05, 3.63) is 22.2 Å². The number of hydrogen-bond donors (Lipinski definition) is 1. The highest BCUT2D eigenvalue weighted by Crippen LogP contribution is 2.21. The highest BCUT2D eigenvalue weighted by Gasteiger charge is 2.26. The van der Waals surface area contributed by atoms with Crippen LogP contribution in [-0.2, 0) is 6.54 Å². The topological polar surface area (TPSA) is 49.2 Å². The number of nitrogens with zero attached hydrogens (tertiary/aromatic N) is 3. The number of aliphatic hydroxyl groups excluding tert-OH is 1. The van der Waals surface area contributed by atoms with Crippen LogP contribution < -0.4 is 0 Å². The van der Waals surface area contributed by atoms with Crippen molar-refractivity contribution < 1.29 is 5.11 Å². The zero-order valence-corrected chi connectivity index (χ0v) is 9.54. The summed E-state index contributed by atoms with van der Waals surface area (Å²) in [5, 5.41) is 9.44. The van der Waals surface area contributed by atoms with Crippen LogP contribution in [0.2, 0.25) is 10.4 Å². The van der Waals surface area contributed by atoms with Crippen LogP contribution in [0.1, 0.15) is 5.56 Å². The molecule has 0 unspecified atom stereocenters. The molecule has 1 fully saturated rings. The fourth-order valence-electron chi connectivity index (χ4n) is 1.63. The Morgan fingerprint density at radius 3 is 2.80 bits per heavy atom. The van der Waals surface area contributed by atoms with Crippen molar-refractivity contribution in [1.29, 1.82) is 0 Å². The summed E-state index contributed by atoms with van der Waals surface area (Å²) >= 11 is 11.5. The van der Waals surface area contributed by atoms with Gasteiger partial charge in [-0.25, -0.2) is 9.97 Å². The Kier molecular flexibility index (Phi) is 3.41. The van der Waals surface area contributed by atoms with Gasteiger partial charge >= 0.3 is 0 Å². The molecule has 0 radical (unpaired) electrons. The van der Waals surface area contributed by atoms with Gasteiger partial charge in [-0.2, -0.15) is 0 Å². The van der Waals surface area contributed by atoms with E-state index in [9.17, 15) is 0 Å². The lowest BCUT2D eigenvalue weighted by molar-refractivity contribution is 0.0478. The molecule has 2 rings (SSSR count). The molecule has 0 amide bonds. The van der Waals surface area contributed by atoms with Crippen LogP contribution in [0.3, 0.4) is 0 Å². The van der Waals surface area contributed by atoms with E-state index in [-0.39, 0.29) is 11.9 Å². The van der Waals surface area contributed by atoms with E-state index >= 15 is 0 Å². The second-order valence-corrected chi connectivity index (χ2v) is 4.39. The summed E-state index contributed by atoms with van der Waals surface area (Å²) in [6.07, 6.45) is 1.64. The van der Waals surface area contributed by atoms with Gasteiger partial charge in [0.1, 0.15) is 5.15 Å². The van der Waals surface area contributed by atoms with Gasteiger partial charge in [-0.1, -0.05) is 11.6 Å². The van der Waals surface area contributed by atoms with Crippen molar-refractivity contribution in [3.8, 4) is 0 Å². The van der Waals surface area contributed by atoms with Gasteiger partial charge in [-0.15, -0.1) is 0 Å². The van der Waals surface area contributed by atoms with Crippen molar-refractivity contribution in [1.82, 2.24) is 14.9 Å². The first-order valence-electron chi connectivity index (χ1n) is 4.69. The molecule has 0 spiro atoms. The largest absolute Gasteiger partial charge is 0.396 e. The first-order chi connectivity index (χ1) is 7.19. The quantitative estimate of drug-likeness (QED) is 0.645. The van der Waals surface area contributed by atoms with Gasteiger partial charge in [0.25, 0.3) is 0 Å². The van der Waals surface area contributed by atoms with Crippen LogP contribution in [0.5, 0.6) is 0 Å². The van der Waals surface area contributed by atoms with Gasteiger partial charge in [-0.3, -0.25) is 4.90 Å². The zero-order valence-electron chi connectivity index (χ0n) is 8.03. The number of rotatable bonds is 3. The molecule has 1 aliphatic heterocycles. The molecule has 0 aromatic carbocycles. The van der Waals surface area contributed by atoms with E-state index in [1.54, 1.807) is 6.20 Å². The predicted molar refractivity (Wildman–Crippen MR) is 57.9 cm³/mol. The van der Waals surface area contributed by atoms with E-state index in [2.05, 4.69) is 14.9 Å². The highest BCUT2D eigenvalue weighted by molar-refractivity contribution is 6.32. The monoisotopic (exact) mass is 247 g/mol. The first-order valence-corrected chi connectivity index (χ1v) is 5.44. The van der Waals surface area contributed by atoms with Crippen LogP contribution in [0.4, 0.5) is 0 Å². The minimum atomic E-state index is 0.167. The average Bonchev–Trinajstić information content (AvgIpc) is 2.13. The molecule has 0 bridgehead atoms. The lowest BCUT2D eigenvalue weighted by Crippen LogP contribution is -2.47. The second-order valence-electron chi connectivity index (χ2n) is 3.70. The Balaban J connectivity index is 1.94. The van der Waals surface area contributed by atoms with E-state index < -0.39 is 0 Å². The minimum Gasteiger partial charge on any atom is -0.396 e. The number of halogens is 2. The molecule has 2 heterocycles. The van der Waals surface area contributed by atoms with E-state index in [1.165, 1.54) is 0 Å². The fraction of sp³-hybridized carbons (Fsp3) is 0.556. The molecular formula is C9H11Cl2N3O. The molecule has 4 nitrogen and oxygen atoms in total. The zero-order chi connectivity index (χ0) is 10.8. The predicted octanol–water partition coefficient (Wildman–Crippen LogP) is 1.21. The third-order valence-electron chi connectivity index (χ3n) is 2.47. The molecule has 1 saturated heterocycles. The summed E-state index contributed by atoms with van der Waals surface area (Å²) < 4.78 is 0. The van der Waals surface area contributed by atoms with Crippen LogP contribution in [0.25, 0.3) is 0 Å². The third kappa shape index (κ3) is 2.58. The molecule has 0 aliphatic carbocycles. The van der Waals surface area contributed by atoms with Crippen LogP contribution in [0.15, 0.2) is 6.20 Å². The maximum atomic E-state index is 8.87. The van der Waals surface area contributed by atoms with Gasteiger partial charge in [0, 0.05) is 43.9 Å². The molecule has 1 aliphatic rings. The van der Waals surface area contributed by atoms with Crippen molar-refractivity contribution in [2.75, 3.05) is 19.7 Å². The Morgan fingerprint density at radius 1 is 1.47 bits per heavy atom. The maximum absolute atomic E-state index is 8.87. The number of hydrogen-bond acceptors (Lipinski definition) is 4. The highest BCUT2D eigenvalue weighted by atomic mass is 35.5. The van der Waals surface area contributed by atoms with Crippen molar-refractivity contribution in [3.63, 3.8) is 0 Å². The summed E-state index contributed by atoms with van der Waals surface area (Å²) in [4.78, 5) is 9.93. The minimum absolute atomic E-state index is 0.167. The Hall–Kier alpha value is -0.420. The van der Waals surface area contributed by atoms with Gasteiger partial charge in [0.2, 0.25) is 5.28 Å². The number of likely N-dealkylation sites (tertiary alicyclic amines) is 1. The number of aliphatic hydroxyl groups is 1. The van der Waals surface area contributed by atoms with Crippen LogP contribution in [-0.4, -0.2) is 39.7 Å². The number of aromatic nitrogens is 2. The van der Waals surface area contributed by atoms with Gasteiger partial charge in [0.15, 0.2) is 0 Å². The molecule has 1 N–H and O–H groups in total. The van der Waals surface area contributed by atoms with Crippen LogP contribution in [0, 0.1) is 5.92 Å². The fourth-order valence-corrected chi connectivity index (χ4v) is 2.00. The van der Waals surface area contributed by atoms with Crippen LogP contribution >= 0.6 is 23.2 Å². The lowest BCUT2D eigenvalue weighted by Gasteiger charge is -2.38. The second kappa shape index (κ2) is 4.61. The van der Waals surface area contributed by atoms with Crippen molar-refractivity contribution in [2.24, 2.45) is 5.92 Å². The van der Waals surface area contributed by atoms with Gasteiger partial charge < -0.3 is 5.11 Å². The molecule has 0 saturated carbocycles. The van der Waals surface area contributed by atoms with E-state index in [1.807, 2.05) is 0 Å². The Morgan fingerprint density at radius 2 is 2.20 bits per heavy atom. The third-order valence-corrected chi connectivity index (χ3v) is 2.98. The SMILES string of the molecule is OCC1CN(Cc2cnc(Cl)nc2Cl)C1. The van der Waals surface area contributed by atoms with Gasteiger partial charge in [0.05, 0.1) is 0 Å².